The molecule has 110 valence electrons. The number of nitrogens with one attached hydrogen (secondary N) is 2. The average molecular weight is 278 g/mol. The van der Waals surface area contributed by atoms with Gasteiger partial charge in [-0.1, -0.05) is 0 Å². The van der Waals surface area contributed by atoms with Crippen LogP contribution in [-0.2, 0) is 12.8 Å². The molecule has 6 heteroatoms. The first kappa shape index (κ1) is 13.6. The monoisotopic (exact) mass is 278 g/mol. The van der Waals surface area contributed by atoms with Crippen molar-refractivity contribution in [2.45, 2.75) is 38.2 Å². The first-order valence-electron chi connectivity index (χ1n) is 7.49. The van der Waals surface area contributed by atoms with Crippen LogP contribution >= 0.6 is 0 Å². The fourth-order valence-corrected chi connectivity index (χ4v) is 3.00. The third-order valence-corrected chi connectivity index (χ3v) is 4.08. The van der Waals surface area contributed by atoms with Crippen LogP contribution in [0.4, 0.5) is 0 Å². The Kier molecular flexibility index (Phi) is 4.03. The standard InChI is InChI=1S/C14H22N4O2/c19-10-3-2-7-18(9-10)8-5-12-16-11-4-1-6-15-14(20)13(11)17-12/h10,19H,1-9H2,(H,15,20)(H,16,17). The lowest BCUT2D eigenvalue weighted by Crippen LogP contribution is -2.39. The van der Waals surface area contributed by atoms with E-state index in [1.807, 2.05) is 0 Å². The van der Waals surface area contributed by atoms with Gasteiger partial charge in [0.05, 0.1) is 6.10 Å². The van der Waals surface area contributed by atoms with Crippen molar-refractivity contribution in [3.8, 4) is 0 Å². The number of aromatic nitrogens is 2. The molecule has 0 bridgehead atoms. The number of H-pyrrole nitrogens is 1. The zero-order valence-electron chi connectivity index (χ0n) is 11.7. The molecule has 1 aromatic rings. The highest BCUT2D eigenvalue weighted by atomic mass is 16.3. The van der Waals surface area contributed by atoms with Gasteiger partial charge in [-0.2, -0.15) is 0 Å². The second-order valence-corrected chi connectivity index (χ2v) is 5.72. The smallest absolute Gasteiger partial charge is 0.271 e. The molecule has 1 atom stereocenters. The van der Waals surface area contributed by atoms with Gasteiger partial charge < -0.3 is 20.3 Å². The van der Waals surface area contributed by atoms with E-state index in [4.69, 9.17) is 0 Å². The summed E-state index contributed by atoms with van der Waals surface area (Å²) < 4.78 is 0. The molecule has 0 radical (unpaired) electrons. The van der Waals surface area contributed by atoms with Gasteiger partial charge >= 0.3 is 0 Å². The Morgan fingerprint density at radius 3 is 3.15 bits per heavy atom. The normalized spacial score (nSPS) is 24.1. The number of imidazole rings is 1. The number of likely N-dealkylation sites (tertiary alicyclic amines) is 1. The summed E-state index contributed by atoms with van der Waals surface area (Å²) in [5.74, 6) is 0.820. The van der Waals surface area contributed by atoms with Crippen molar-refractivity contribution in [2.75, 3.05) is 26.2 Å². The van der Waals surface area contributed by atoms with Crippen molar-refractivity contribution < 1.29 is 9.90 Å². The van der Waals surface area contributed by atoms with Crippen LogP contribution in [-0.4, -0.2) is 58.2 Å². The number of amides is 1. The van der Waals surface area contributed by atoms with Crippen LogP contribution in [0.2, 0.25) is 0 Å². The van der Waals surface area contributed by atoms with Crippen LogP contribution in [0.1, 0.15) is 41.3 Å². The third-order valence-electron chi connectivity index (χ3n) is 4.08. The fraction of sp³-hybridized carbons (Fsp3) is 0.714. The predicted octanol–water partition coefficient (Wildman–Crippen LogP) is 0.0849. The maximum absolute atomic E-state index is 11.8. The van der Waals surface area contributed by atoms with E-state index in [9.17, 15) is 9.90 Å². The number of aliphatic hydroxyl groups is 1. The first-order valence-corrected chi connectivity index (χ1v) is 7.49. The molecular formula is C14H22N4O2. The Morgan fingerprint density at radius 1 is 1.40 bits per heavy atom. The molecule has 1 aromatic heterocycles. The van der Waals surface area contributed by atoms with E-state index in [1.165, 1.54) is 0 Å². The van der Waals surface area contributed by atoms with Crippen LogP contribution < -0.4 is 5.32 Å². The number of aromatic amines is 1. The number of carbonyl (C=O) groups is 1. The Hall–Kier alpha value is -1.40. The summed E-state index contributed by atoms with van der Waals surface area (Å²) in [5, 5.41) is 12.5. The van der Waals surface area contributed by atoms with Gasteiger partial charge in [0, 0.05) is 31.7 Å². The molecule has 1 saturated heterocycles. The summed E-state index contributed by atoms with van der Waals surface area (Å²) in [6.45, 7) is 3.40. The van der Waals surface area contributed by atoms with Crippen LogP contribution in [0.15, 0.2) is 0 Å². The van der Waals surface area contributed by atoms with Crippen molar-refractivity contribution in [1.29, 1.82) is 0 Å². The highest BCUT2D eigenvalue weighted by Crippen LogP contribution is 2.14. The molecule has 2 aliphatic heterocycles. The number of nitrogens with zero attached hydrogens (tertiary/aromatic N) is 2. The summed E-state index contributed by atoms with van der Waals surface area (Å²) in [5.41, 5.74) is 1.53. The number of piperidine rings is 1. The van der Waals surface area contributed by atoms with Crippen molar-refractivity contribution in [3.05, 3.63) is 17.2 Å². The Morgan fingerprint density at radius 2 is 2.30 bits per heavy atom. The van der Waals surface area contributed by atoms with E-state index in [0.717, 1.165) is 69.8 Å². The van der Waals surface area contributed by atoms with E-state index in [2.05, 4.69) is 20.2 Å². The van der Waals surface area contributed by atoms with E-state index in [-0.39, 0.29) is 12.0 Å². The molecule has 2 aliphatic rings. The minimum absolute atomic E-state index is 0.0617. The van der Waals surface area contributed by atoms with Crippen LogP contribution in [0.5, 0.6) is 0 Å². The number of fused-ring (bicyclic) bond motifs is 1. The molecule has 1 amide bonds. The average Bonchev–Trinajstić information content (AvgIpc) is 2.77. The van der Waals surface area contributed by atoms with Crippen molar-refractivity contribution in [3.63, 3.8) is 0 Å². The van der Waals surface area contributed by atoms with Gasteiger partial charge in [-0.15, -0.1) is 0 Å². The van der Waals surface area contributed by atoms with Gasteiger partial charge in [-0.05, 0) is 32.2 Å². The van der Waals surface area contributed by atoms with Gasteiger partial charge in [0.2, 0.25) is 0 Å². The fourth-order valence-electron chi connectivity index (χ4n) is 3.00. The molecule has 1 unspecified atom stereocenters. The Labute approximate surface area is 118 Å². The Balaban J connectivity index is 1.61. The number of hydrogen-bond acceptors (Lipinski definition) is 4. The molecule has 1 fully saturated rings. The minimum atomic E-state index is -0.192. The predicted molar refractivity (Wildman–Crippen MR) is 74.6 cm³/mol. The molecule has 0 spiro atoms. The summed E-state index contributed by atoms with van der Waals surface area (Å²) in [4.78, 5) is 21.8. The molecule has 20 heavy (non-hydrogen) atoms. The summed E-state index contributed by atoms with van der Waals surface area (Å²) in [6, 6.07) is 0. The zero-order valence-corrected chi connectivity index (χ0v) is 11.7. The van der Waals surface area contributed by atoms with Crippen molar-refractivity contribution in [2.24, 2.45) is 0 Å². The summed E-state index contributed by atoms with van der Waals surface area (Å²) in [7, 11) is 0. The van der Waals surface area contributed by atoms with Crippen LogP contribution in [0.3, 0.4) is 0 Å². The quantitative estimate of drug-likeness (QED) is 0.731. The highest BCUT2D eigenvalue weighted by Gasteiger charge is 2.21. The lowest BCUT2D eigenvalue weighted by Gasteiger charge is -2.29. The number of hydrogen-bond donors (Lipinski definition) is 3. The number of aryl methyl sites for hydroxylation is 1. The largest absolute Gasteiger partial charge is 0.392 e. The number of rotatable bonds is 3. The van der Waals surface area contributed by atoms with Crippen molar-refractivity contribution >= 4 is 5.91 Å². The maximum atomic E-state index is 11.8. The van der Waals surface area contributed by atoms with E-state index >= 15 is 0 Å². The maximum Gasteiger partial charge on any atom is 0.271 e. The number of aliphatic hydroxyl groups excluding tert-OH is 1. The molecule has 3 rings (SSSR count). The molecule has 3 N–H and O–H groups in total. The second kappa shape index (κ2) is 5.93. The molecule has 3 heterocycles. The number of carbonyl (C=O) groups excluding carboxylic acids is 1. The Bertz CT molecular complexity index is 486. The SMILES string of the molecule is O=C1NCCCc2[nH]c(CCN3CCCC(O)C3)nc21. The number of β-amino-alcohol motifs (C(OH)–C–C–N with tert-alkyl or cyclic N) is 1. The topological polar surface area (TPSA) is 81.2 Å². The first-order chi connectivity index (χ1) is 9.72. The zero-order chi connectivity index (χ0) is 13.9. The third kappa shape index (κ3) is 3.02. The summed E-state index contributed by atoms with van der Waals surface area (Å²) in [6.07, 6.45) is 4.40. The lowest BCUT2D eigenvalue weighted by molar-refractivity contribution is 0.0711. The summed E-state index contributed by atoms with van der Waals surface area (Å²) >= 11 is 0. The van der Waals surface area contributed by atoms with Gasteiger partial charge in [-0.3, -0.25) is 4.79 Å². The molecule has 0 aliphatic carbocycles. The second-order valence-electron chi connectivity index (χ2n) is 5.72. The molecule has 0 aromatic carbocycles. The molecular weight excluding hydrogens is 256 g/mol. The van der Waals surface area contributed by atoms with Crippen molar-refractivity contribution in [1.82, 2.24) is 20.2 Å². The highest BCUT2D eigenvalue weighted by molar-refractivity contribution is 5.93. The molecule has 0 saturated carbocycles. The van der Waals surface area contributed by atoms with E-state index in [1.54, 1.807) is 0 Å². The minimum Gasteiger partial charge on any atom is -0.392 e. The van der Waals surface area contributed by atoms with Gasteiger partial charge in [-0.25, -0.2) is 4.98 Å². The van der Waals surface area contributed by atoms with Gasteiger partial charge in [0.1, 0.15) is 11.5 Å². The lowest BCUT2D eigenvalue weighted by atomic mass is 10.1. The van der Waals surface area contributed by atoms with E-state index in [0.29, 0.717) is 5.69 Å². The molecule has 6 nitrogen and oxygen atoms in total. The van der Waals surface area contributed by atoms with Crippen LogP contribution in [0.25, 0.3) is 0 Å². The van der Waals surface area contributed by atoms with E-state index < -0.39 is 0 Å². The van der Waals surface area contributed by atoms with Gasteiger partial charge in [0.25, 0.3) is 5.91 Å². The van der Waals surface area contributed by atoms with Gasteiger partial charge in [0.15, 0.2) is 0 Å². The van der Waals surface area contributed by atoms with Crippen LogP contribution in [0, 0.1) is 0 Å².